The van der Waals surface area contributed by atoms with Gasteiger partial charge >= 0.3 is 5.69 Å². The fourth-order valence-electron chi connectivity index (χ4n) is 6.07. The van der Waals surface area contributed by atoms with Crippen molar-refractivity contribution in [1.82, 2.24) is 9.97 Å². The number of hydrogen-bond acceptors (Lipinski definition) is 8. The molecular weight excluding hydrogens is 370 g/mol. The first-order chi connectivity index (χ1) is 14.0. The second-order valence-corrected chi connectivity index (χ2v) is 8.78. The van der Waals surface area contributed by atoms with E-state index in [0.717, 1.165) is 19.3 Å². The molecule has 152 valence electrons. The lowest BCUT2D eigenvalue weighted by Crippen LogP contribution is -2.55. The Morgan fingerprint density at radius 1 is 1.10 bits per heavy atom. The number of aromatic nitrogens is 2. The van der Waals surface area contributed by atoms with E-state index < -0.39 is 4.92 Å². The first kappa shape index (κ1) is 19.4. The van der Waals surface area contributed by atoms with Crippen molar-refractivity contribution in [2.24, 2.45) is 17.8 Å². The van der Waals surface area contributed by atoms with Crippen molar-refractivity contribution < 1.29 is 4.92 Å². The van der Waals surface area contributed by atoms with Crippen LogP contribution in [0.4, 0.5) is 17.3 Å². The van der Waals surface area contributed by atoms with Crippen molar-refractivity contribution in [2.45, 2.75) is 56.9 Å². The maximum atomic E-state index is 12.0. The molecule has 4 saturated carbocycles. The van der Waals surface area contributed by atoms with Crippen LogP contribution in [-0.4, -0.2) is 33.5 Å². The van der Waals surface area contributed by atoms with Crippen LogP contribution in [0.2, 0.25) is 0 Å². The quantitative estimate of drug-likeness (QED) is 0.523. The Morgan fingerprint density at radius 2 is 1.66 bits per heavy atom. The Balaban J connectivity index is 1.66. The lowest BCUT2D eigenvalue weighted by molar-refractivity contribution is -0.383. The first-order valence-corrected chi connectivity index (χ1v) is 10.3. The zero-order valence-corrected chi connectivity index (χ0v) is 16.4. The molecule has 4 aliphatic rings. The molecule has 0 radical (unpaired) electrons. The number of nitro groups is 1. The Bertz CT molecular complexity index is 819. The lowest BCUT2D eigenvalue weighted by Gasteiger charge is -2.57. The Hall–Kier alpha value is -2.94. The lowest BCUT2D eigenvalue weighted by atomic mass is 9.53. The van der Waals surface area contributed by atoms with Gasteiger partial charge < -0.3 is 10.2 Å². The highest BCUT2D eigenvalue weighted by molar-refractivity contribution is 5.71. The fourth-order valence-corrected chi connectivity index (χ4v) is 6.07. The maximum Gasteiger partial charge on any atom is 0.353 e. The standard InChI is InChI=1S/C20H25N7O2/c21-3-1-5-26(6-2-4-22)19-17(27(28)29)18(23-13-24-19)25-20-10-14-7-15(11-20)9-16(8-14)12-20/h13-16H,1-2,5-12H2,(H,23,24,25). The van der Waals surface area contributed by atoms with Crippen molar-refractivity contribution in [1.29, 1.82) is 10.5 Å². The molecule has 4 fully saturated rings. The monoisotopic (exact) mass is 395 g/mol. The molecule has 0 atom stereocenters. The van der Waals surface area contributed by atoms with Gasteiger partial charge in [0.05, 0.1) is 29.9 Å². The SMILES string of the molecule is N#CCCN(CCC#N)c1ncnc(NC23CC4CC(CC(C4)C2)C3)c1[N+](=O)[O-]. The van der Waals surface area contributed by atoms with E-state index in [0.29, 0.717) is 17.8 Å². The zero-order chi connectivity index (χ0) is 20.4. The summed E-state index contributed by atoms with van der Waals surface area (Å²) in [5, 5.41) is 33.4. The minimum atomic E-state index is -0.441. The maximum absolute atomic E-state index is 12.0. The molecule has 9 heteroatoms. The van der Waals surface area contributed by atoms with Crippen molar-refractivity contribution >= 4 is 17.3 Å². The van der Waals surface area contributed by atoms with E-state index in [4.69, 9.17) is 10.5 Å². The second-order valence-electron chi connectivity index (χ2n) is 8.78. The van der Waals surface area contributed by atoms with E-state index in [1.807, 2.05) is 0 Å². The van der Waals surface area contributed by atoms with Crippen molar-refractivity contribution in [3.05, 3.63) is 16.4 Å². The zero-order valence-electron chi connectivity index (χ0n) is 16.4. The number of nitrogens with zero attached hydrogens (tertiary/aromatic N) is 6. The molecule has 1 heterocycles. The smallest absolute Gasteiger partial charge is 0.353 e. The minimum absolute atomic E-state index is 0.116. The average molecular weight is 395 g/mol. The highest BCUT2D eigenvalue weighted by Crippen LogP contribution is 2.57. The highest BCUT2D eigenvalue weighted by atomic mass is 16.6. The van der Waals surface area contributed by atoms with Gasteiger partial charge in [-0.3, -0.25) is 10.1 Å². The summed E-state index contributed by atoms with van der Waals surface area (Å²) in [5.41, 5.74) is -0.269. The van der Waals surface area contributed by atoms with Crippen LogP contribution in [0, 0.1) is 50.5 Å². The van der Waals surface area contributed by atoms with Gasteiger partial charge in [-0.05, 0) is 56.3 Å². The van der Waals surface area contributed by atoms with Crippen LogP contribution in [0.5, 0.6) is 0 Å². The Labute approximate surface area is 169 Å². The van der Waals surface area contributed by atoms with Crippen LogP contribution in [0.3, 0.4) is 0 Å². The van der Waals surface area contributed by atoms with E-state index >= 15 is 0 Å². The fraction of sp³-hybridized carbons (Fsp3) is 0.700. The summed E-state index contributed by atoms with van der Waals surface area (Å²) in [6.45, 7) is 0.569. The van der Waals surface area contributed by atoms with Gasteiger partial charge in [-0.25, -0.2) is 9.97 Å². The summed E-state index contributed by atoms with van der Waals surface area (Å²) in [6.07, 6.45) is 8.73. The van der Waals surface area contributed by atoms with Gasteiger partial charge in [0.1, 0.15) is 6.33 Å². The number of rotatable bonds is 8. The summed E-state index contributed by atoms with van der Waals surface area (Å²) in [6, 6.07) is 4.11. The molecular formula is C20H25N7O2. The average Bonchev–Trinajstić information content (AvgIpc) is 2.66. The molecule has 4 aliphatic carbocycles. The predicted octanol–water partition coefficient (Wildman–Crippen LogP) is 3.40. The molecule has 9 nitrogen and oxygen atoms in total. The summed E-state index contributed by atoms with van der Waals surface area (Å²) in [7, 11) is 0. The van der Waals surface area contributed by atoms with E-state index in [1.165, 1.54) is 25.6 Å². The minimum Gasteiger partial charge on any atom is -0.359 e. The van der Waals surface area contributed by atoms with Gasteiger partial charge in [-0.2, -0.15) is 10.5 Å². The van der Waals surface area contributed by atoms with Gasteiger partial charge in [-0.15, -0.1) is 0 Å². The molecule has 1 aromatic heterocycles. The van der Waals surface area contributed by atoms with E-state index in [2.05, 4.69) is 27.4 Å². The van der Waals surface area contributed by atoms with Crippen molar-refractivity contribution in [2.75, 3.05) is 23.3 Å². The molecule has 0 saturated heterocycles. The third kappa shape index (κ3) is 3.82. The molecule has 5 rings (SSSR count). The second kappa shape index (κ2) is 7.82. The van der Waals surface area contributed by atoms with Gasteiger partial charge in [0.2, 0.25) is 11.6 Å². The molecule has 1 aromatic rings. The van der Waals surface area contributed by atoms with Crippen LogP contribution >= 0.6 is 0 Å². The van der Waals surface area contributed by atoms with Gasteiger partial charge in [0.15, 0.2) is 0 Å². The van der Waals surface area contributed by atoms with Crippen molar-refractivity contribution in [3.63, 3.8) is 0 Å². The van der Waals surface area contributed by atoms with Crippen LogP contribution in [0.1, 0.15) is 51.4 Å². The predicted molar refractivity (Wildman–Crippen MR) is 106 cm³/mol. The molecule has 0 aromatic carbocycles. The number of anilines is 2. The van der Waals surface area contributed by atoms with E-state index in [-0.39, 0.29) is 48.8 Å². The molecule has 0 amide bonds. The normalized spacial score (nSPS) is 29.1. The molecule has 4 bridgehead atoms. The number of nitrogens with one attached hydrogen (secondary N) is 1. The highest BCUT2D eigenvalue weighted by Gasteiger charge is 2.51. The van der Waals surface area contributed by atoms with Crippen LogP contribution in [0.15, 0.2) is 6.33 Å². The molecule has 29 heavy (non-hydrogen) atoms. The summed E-state index contributed by atoms with van der Waals surface area (Å²) < 4.78 is 0. The number of hydrogen-bond donors (Lipinski definition) is 1. The summed E-state index contributed by atoms with van der Waals surface area (Å²) in [4.78, 5) is 21.7. The van der Waals surface area contributed by atoms with Gasteiger partial charge in [0, 0.05) is 18.6 Å². The summed E-state index contributed by atoms with van der Waals surface area (Å²) in [5.74, 6) is 2.56. The summed E-state index contributed by atoms with van der Waals surface area (Å²) >= 11 is 0. The molecule has 0 aliphatic heterocycles. The molecule has 0 unspecified atom stereocenters. The number of nitriles is 2. The third-order valence-corrected chi connectivity index (χ3v) is 6.69. The van der Waals surface area contributed by atoms with E-state index in [1.54, 1.807) is 4.90 Å². The van der Waals surface area contributed by atoms with Crippen LogP contribution in [0.25, 0.3) is 0 Å². The largest absolute Gasteiger partial charge is 0.359 e. The van der Waals surface area contributed by atoms with E-state index in [9.17, 15) is 10.1 Å². The third-order valence-electron chi connectivity index (χ3n) is 6.69. The Morgan fingerprint density at radius 3 is 2.14 bits per heavy atom. The van der Waals surface area contributed by atoms with Crippen LogP contribution in [-0.2, 0) is 0 Å². The Kier molecular flexibility index (Phi) is 5.23. The van der Waals surface area contributed by atoms with Gasteiger partial charge in [-0.1, -0.05) is 0 Å². The van der Waals surface area contributed by atoms with Crippen LogP contribution < -0.4 is 10.2 Å². The molecule has 0 spiro atoms. The first-order valence-electron chi connectivity index (χ1n) is 10.3. The van der Waals surface area contributed by atoms with Gasteiger partial charge in [0.25, 0.3) is 0 Å². The topological polar surface area (TPSA) is 132 Å². The molecule has 1 N–H and O–H groups in total. The van der Waals surface area contributed by atoms with Crippen molar-refractivity contribution in [3.8, 4) is 12.1 Å².